The van der Waals surface area contributed by atoms with E-state index in [9.17, 15) is 63.6 Å². The predicted octanol–water partition coefficient (Wildman–Crippen LogP) is 17.3. The molecule has 4 aromatic heterocycles. The van der Waals surface area contributed by atoms with Gasteiger partial charge in [-0.05, 0) is 195 Å². The highest BCUT2D eigenvalue weighted by molar-refractivity contribution is 6.72. The van der Waals surface area contributed by atoms with Gasteiger partial charge in [-0.3, -0.25) is 14.4 Å². The van der Waals surface area contributed by atoms with Gasteiger partial charge in [-0.1, -0.05) is 129 Å². The van der Waals surface area contributed by atoms with Crippen LogP contribution in [0.15, 0.2) is 201 Å². The quantitative estimate of drug-likeness (QED) is 0.0446. The van der Waals surface area contributed by atoms with Crippen molar-refractivity contribution in [1.82, 2.24) is 40.0 Å². The zero-order valence-corrected chi connectivity index (χ0v) is 80.0. The zero-order chi connectivity index (χ0) is 96.6. The molecule has 6 aliphatic rings. The molecule has 41 heteroatoms. The number of halogens is 8. The minimum absolute atomic E-state index is 0.0366. The SMILES string of the molecule is CN1C(=O)N(c2cc(Cl)cc(Cl)c2)C(=O)[C@]12CN(c1ccc(C(=O)O)cn1)C[C@H]2c1ccc(C#N)cc1.CN1C(=O)N(c2cc(Cl)cc(Cl)c2)C(=O)[C@]12CN(c1ccc(C(=O)O[Si](C)(C)C)cn1)C[C@H]2c1ccc(C#N)cc1.CN1C(=O)N(c2cc(Cl)cc(Cl)c2)C(=O)[C@]12CNC[C@H]2c1ccc(C#N)cc1.CO.C[Si](C)(C)OC(=O)c1ccc(Cl)nc1.O=C(O)c1ccc(Cl)nc1. The Morgan fingerprint density at radius 3 is 0.962 bits per heavy atom. The minimum Gasteiger partial charge on any atom is -0.516 e. The molecule has 4 N–H and O–H groups in total. The summed E-state index contributed by atoms with van der Waals surface area (Å²) in [7, 11) is 1.91. The van der Waals surface area contributed by atoms with Gasteiger partial charge in [-0.25, -0.2) is 68.2 Å². The monoisotopic (exact) mass is 1970 g/mol. The molecule has 6 aliphatic heterocycles. The number of aliphatic hydroxyl groups is 1. The van der Waals surface area contributed by atoms with Gasteiger partial charge >= 0.3 is 42.0 Å². The van der Waals surface area contributed by atoms with E-state index in [2.05, 4.69) is 43.5 Å². The van der Waals surface area contributed by atoms with Crippen molar-refractivity contribution in [2.45, 2.75) is 73.7 Å². The van der Waals surface area contributed by atoms with Gasteiger partial charge in [-0.2, -0.15) is 15.8 Å². The number of urea groups is 3. The van der Waals surface area contributed by atoms with E-state index in [0.717, 1.165) is 38.5 Å². The van der Waals surface area contributed by atoms with Crippen LogP contribution in [0.2, 0.25) is 79.7 Å². The highest BCUT2D eigenvalue weighted by Crippen LogP contribution is 2.51. The molecule has 10 heterocycles. The summed E-state index contributed by atoms with van der Waals surface area (Å²) < 4.78 is 10.9. The Labute approximate surface area is 800 Å². The van der Waals surface area contributed by atoms with Crippen molar-refractivity contribution in [3.8, 4) is 18.2 Å². The third-order valence-corrected chi connectivity index (χ3v) is 25.4. The number of carbonyl (C=O) groups is 10. The lowest BCUT2D eigenvalue weighted by Crippen LogP contribution is -2.53. The van der Waals surface area contributed by atoms with E-state index in [1.165, 1.54) is 94.1 Å². The first-order valence-electron chi connectivity index (χ1n) is 40.0. The summed E-state index contributed by atoms with van der Waals surface area (Å²) in [5, 5.41) is 58.0. The van der Waals surface area contributed by atoms with Gasteiger partial charge < -0.3 is 54.0 Å². The number of hydrogen-bond donors (Lipinski definition) is 4. The molecule has 6 fully saturated rings. The van der Waals surface area contributed by atoms with E-state index in [4.69, 9.17) is 117 Å². The summed E-state index contributed by atoms with van der Waals surface area (Å²) in [4.78, 5) is 156. The molecule has 31 nitrogen and oxygen atoms in total. The Morgan fingerprint density at radius 1 is 0.402 bits per heavy atom. The van der Waals surface area contributed by atoms with Crippen molar-refractivity contribution in [3.05, 3.63) is 297 Å². The fraction of sp³-hybridized carbons (Fsp3) is 0.242. The average molecular weight is 1980 g/mol. The van der Waals surface area contributed by atoms with E-state index < -0.39 is 92.9 Å². The lowest BCUT2D eigenvalue weighted by atomic mass is 9.80. The number of nitrogens with one attached hydrogen (secondary N) is 1. The van der Waals surface area contributed by atoms with Crippen LogP contribution in [-0.4, -0.2) is 210 Å². The molecule has 6 saturated heterocycles. The maximum atomic E-state index is 14.4. The second-order valence-electron chi connectivity index (χ2n) is 32.5. The third kappa shape index (κ3) is 21.4. The number of carbonyl (C=O) groups excluding carboxylic acids is 8. The third-order valence-electron chi connectivity index (χ3n) is 22.1. The van der Waals surface area contributed by atoms with Crippen molar-refractivity contribution >= 4 is 198 Å². The second kappa shape index (κ2) is 41.4. The Hall–Kier alpha value is -12.6. The summed E-state index contributed by atoms with van der Waals surface area (Å²) in [6.07, 6.45) is 5.35. The first-order chi connectivity index (χ1) is 62.4. The molecule has 10 aromatic rings. The lowest BCUT2D eigenvalue weighted by molar-refractivity contribution is -0.125. The van der Waals surface area contributed by atoms with Crippen molar-refractivity contribution in [3.63, 3.8) is 0 Å². The van der Waals surface area contributed by atoms with Crippen LogP contribution < -0.4 is 29.8 Å². The number of rotatable bonds is 14. The number of carboxylic acids is 2. The first-order valence-corrected chi connectivity index (χ1v) is 49.8. The molecule has 6 atom stereocenters. The van der Waals surface area contributed by atoms with Crippen LogP contribution >= 0.6 is 92.8 Å². The molecule has 0 saturated carbocycles. The summed E-state index contributed by atoms with van der Waals surface area (Å²) in [5.74, 6) is -4.22. The second-order valence-corrected chi connectivity index (χ2v) is 44.8. The van der Waals surface area contributed by atoms with Gasteiger partial charge in [0.15, 0.2) is 0 Å². The van der Waals surface area contributed by atoms with Crippen LogP contribution in [-0.2, 0) is 23.2 Å². The molecule has 132 heavy (non-hydrogen) atoms. The fourth-order valence-corrected chi connectivity index (χ4v) is 19.0. The number of pyridine rings is 4. The number of amides is 9. The standard InChI is InChI=1S/C29H27Cl2N5O4Si.C26H19Cl2N5O4.C20H16Cl2N4O2.C9H12ClNO2Si.C6H4ClNO2.CH4O/c1-34-28(39)36(23-12-21(30)11-22(31)13-23)27(38)29(34)17-35(16-24(29)19-7-5-18(14-32)6-8-19)25-10-9-20(15-33-25)26(37)40-41(2,3)4;1-31-25(37)33(20-9-18(27)8-19(28)10-20)24(36)26(31)14-32(22-7-6-17(12-30-22)23(34)35)13-21(26)16-4-2-15(11-29)3-5-16;1-25-19(28)26(16-7-14(21)6-15(22)8-16)18(27)20(25)11-24-10-17(20)13-4-2-12(9-23)3-5-13;1-14(2,3)13-9(12)7-4-5-8(10)11-6-7;7-5-2-1-4(3-8-5)6(9)10;1-2/h5-13,15,24H,16-17H2,1-4H3;2-10,12,21H,13-14H2,1H3,(H,34,35);2-8,17,24H,10-11H2,1H3;4-6H,1-3H3;1-3H,(H,9,10);2H,1H3/t24-,29+;21-,26+;17-,20+;;;/m000.../s1. The maximum Gasteiger partial charge on any atom is 0.337 e. The highest BCUT2D eigenvalue weighted by atomic mass is 35.5. The summed E-state index contributed by atoms with van der Waals surface area (Å²) >= 11 is 47.9. The van der Waals surface area contributed by atoms with Crippen molar-refractivity contribution in [2.24, 2.45) is 0 Å². The predicted molar refractivity (Wildman–Crippen MR) is 505 cm³/mol. The number of nitriles is 3. The van der Waals surface area contributed by atoms with Crippen LogP contribution in [0, 0.1) is 34.0 Å². The number of aromatic carboxylic acids is 2. The molecule has 0 radical (unpaired) electrons. The molecular weight excluding hydrogens is 1900 g/mol. The van der Waals surface area contributed by atoms with Crippen LogP contribution in [0.1, 0.15) is 92.6 Å². The molecule has 3 spiro atoms. The summed E-state index contributed by atoms with van der Waals surface area (Å²) in [6, 6.07) is 52.0. The molecule has 0 aliphatic carbocycles. The van der Waals surface area contributed by atoms with Crippen LogP contribution in [0.4, 0.5) is 43.1 Å². The Balaban J connectivity index is 0.000000170. The van der Waals surface area contributed by atoms with Crippen molar-refractivity contribution in [2.75, 3.05) is 92.0 Å². The normalized spacial score (nSPS) is 19.4. The number of nitrogens with zero attached hydrogens (tertiary/aromatic N) is 15. The van der Waals surface area contributed by atoms with E-state index >= 15 is 0 Å². The zero-order valence-electron chi connectivity index (χ0n) is 72.0. The number of likely N-dealkylation sites (N-methyl/N-ethyl adjacent to an activating group) is 3. The van der Waals surface area contributed by atoms with E-state index in [-0.39, 0.29) is 63.4 Å². The number of benzene rings is 6. The van der Waals surface area contributed by atoms with E-state index in [1.807, 2.05) is 73.3 Å². The fourth-order valence-electron chi connectivity index (χ4n) is 15.9. The number of carboxylic acid groups (broad SMARTS) is 2. The topological polar surface area (TPSA) is 411 Å². The summed E-state index contributed by atoms with van der Waals surface area (Å²) in [6.45, 7) is 13.5. The lowest BCUT2D eigenvalue weighted by Gasteiger charge is -2.33. The van der Waals surface area contributed by atoms with Gasteiger partial charge in [0, 0.05) is 127 Å². The number of hydrogen-bond acceptors (Lipinski definition) is 23. The van der Waals surface area contributed by atoms with E-state index in [1.54, 1.807) is 118 Å². The maximum absolute atomic E-state index is 14.4. The highest BCUT2D eigenvalue weighted by Gasteiger charge is 2.67. The van der Waals surface area contributed by atoms with Crippen LogP contribution in [0.25, 0.3) is 0 Å². The molecule has 6 aromatic carbocycles. The van der Waals surface area contributed by atoms with Crippen molar-refractivity contribution < 1.29 is 72.1 Å². The molecule has 0 bridgehead atoms. The van der Waals surface area contributed by atoms with Crippen molar-refractivity contribution in [1.29, 1.82) is 15.8 Å². The molecular formula is C91H82Cl8N16O15Si2. The first kappa shape index (κ1) is 99.9. The Bertz CT molecular complexity index is 6200. The van der Waals surface area contributed by atoms with Gasteiger partial charge in [0.2, 0.25) is 16.6 Å². The molecule has 680 valence electrons. The summed E-state index contributed by atoms with van der Waals surface area (Å²) in [5.41, 5.74) is 2.13. The molecule has 9 amide bonds. The number of aliphatic hydroxyl groups excluding tert-OH is 1. The van der Waals surface area contributed by atoms with Gasteiger partial charge in [-0.15, -0.1) is 0 Å². The van der Waals surface area contributed by atoms with Gasteiger partial charge in [0.05, 0.1) is 87.3 Å². The number of aromatic nitrogens is 4. The minimum atomic E-state index is -2.09. The largest absolute Gasteiger partial charge is 0.516 e. The van der Waals surface area contributed by atoms with Crippen LogP contribution in [0.5, 0.6) is 0 Å². The molecule has 0 unspecified atom stereocenters. The Morgan fingerprint density at radius 2 is 0.682 bits per heavy atom. The number of imide groups is 3. The van der Waals surface area contributed by atoms with Gasteiger partial charge in [0.1, 0.15) is 38.6 Å². The average Bonchev–Trinajstić information content (AvgIpc) is 1.68. The smallest absolute Gasteiger partial charge is 0.337 e. The number of anilines is 5. The van der Waals surface area contributed by atoms with E-state index in [0.29, 0.717) is 102 Å². The Kier molecular flexibility index (Phi) is 31.4. The van der Waals surface area contributed by atoms with Crippen LogP contribution in [0.3, 0.4) is 0 Å². The molecule has 16 rings (SSSR count). The van der Waals surface area contributed by atoms with Gasteiger partial charge in [0.25, 0.3) is 17.7 Å².